The van der Waals surface area contributed by atoms with Crippen molar-refractivity contribution < 1.29 is 0 Å². The first-order chi connectivity index (χ1) is 25.1. The van der Waals surface area contributed by atoms with Gasteiger partial charge < -0.3 is 9.47 Å². The topological polar surface area (TPSA) is 38.9 Å². The Hall–Kier alpha value is -6.72. The molecule has 0 amide bonds. The van der Waals surface area contributed by atoms with Crippen molar-refractivity contribution in [3.05, 3.63) is 187 Å². The summed E-state index contributed by atoms with van der Waals surface area (Å²) in [7, 11) is 0. The molecule has 51 heavy (non-hydrogen) atoms. The Kier molecular flexibility index (Phi) is 7.51. The smallest absolute Gasteiger partial charge is 0.168 e. The van der Waals surface area contributed by atoms with E-state index in [2.05, 4.69) is 173 Å². The lowest BCUT2D eigenvalue weighted by molar-refractivity contribution is 1.07. The minimum Gasteiger partial charge on any atom is -0.311 e. The summed E-state index contributed by atoms with van der Waals surface area (Å²) < 4.78 is 4.51. The molecule has 0 unspecified atom stereocenters. The second kappa shape index (κ2) is 12.6. The van der Waals surface area contributed by atoms with Gasteiger partial charge in [0.2, 0.25) is 0 Å². The Bertz CT molecular complexity index is 2560. The molecule has 0 N–H and O–H groups in total. The number of benzene rings is 7. The lowest BCUT2D eigenvalue weighted by Gasteiger charge is -2.26. The molecule has 9 rings (SSSR count). The van der Waals surface area contributed by atoms with Crippen LogP contribution in [0.15, 0.2) is 176 Å². The Balaban J connectivity index is 1.12. The van der Waals surface area contributed by atoms with E-state index < -0.39 is 0 Å². The van der Waals surface area contributed by atoms with E-state index >= 15 is 0 Å². The first kappa shape index (κ1) is 30.3. The van der Waals surface area contributed by atoms with E-state index in [9.17, 15) is 0 Å². The molecule has 0 radical (unpaired) electrons. The molecule has 0 spiro atoms. The van der Waals surface area contributed by atoms with Crippen LogP contribution in [0, 0.1) is 13.8 Å². The number of nitrogens with zero attached hydrogens (tertiary/aromatic N) is 5. The van der Waals surface area contributed by atoms with Crippen LogP contribution in [0.1, 0.15) is 11.1 Å². The Morgan fingerprint density at radius 1 is 0.392 bits per heavy atom. The molecule has 244 valence electrons. The van der Waals surface area contributed by atoms with Crippen LogP contribution in [0.25, 0.3) is 56.0 Å². The van der Waals surface area contributed by atoms with Crippen molar-refractivity contribution in [2.24, 2.45) is 0 Å². The van der Waals surface area contributed by atoms with Crippen molar-refractivity contribution in [2.75, 3.05) is 4.90 Å². The fraction of sp³-hybridized carbons (Fsp3) is 0.0435. The van der Waals surface area contributed by atoms with Crippen molar-refractivity contribution >= 4 is 38.9 Å². The fourth-order valence-corrected chi connectivity index (χ4v) is 7.13. The number of aromatic nitrogens is 4. The highest BCUT2D eigenvalue weighted by molar-refractivity contribution is 6.09. The van der Waals surface area contributed by atoms with Crippen molar-refractivity contribution in [3.63, 3.8) is 0 Å². The van der Waals surface area contributed by atoms with Crippen LogP contribution in [0.2, 0.25) is 0 Å². The van der Waals surface area contributed by atoms with E-state index in [4.69, 9.17) is 5.10 Å². The van der Waals surface area contributed by atoms with Gasteiger partial charge in [-0.25, -0.2) is 0 Å². The van der Waals surface area contributed by atoms with Gasteiger partial charge >= 0.3 is 0 Å². The van der Waals surface area contributed by atoms with Gasteiger partial charge in [-0.1, -0.05) is 90.0 Å². The van der Waals surface area contributed by atoms with Gasteiger partial charge in [0.25, 0.3) is 0 Å². The molecule has 0 fully saturated rings. The van der Waals surface area contributed by atoms with Crippen molar-refractivity contribution in [3.8, 4) is 34.2 Å². The number of anilines is 3. The van der Waals surface area contributed by atoms with E-state index in [1.807, 2.05) is 36.4 Å². The summed E-state index contributed by atoms with van der Waals surface area (Å²) >= 11 is 0. The molecule has 2 heterocycles. The van der Waals surface area contributed by atoms with Gasteiger partial charge in [0, 0.05) is 50.3 Å². The first-order valence-corrected chi connectivity index (χ1v) is 17.3. The van der Waals surface area contributed by atoms with Gasteiger partial charge in [-0.05, 0) is 111 Å². The zero-order valence-corrected chi connectivity index (χ0v) is 28.5. The molecule has 0 atom stereocenters. The van der Waals surface area contributed by atoms with Crippen LogP contribution in [0.5, 0.6) is 0 Å². The minimum absolute atomic E-state index is 0.791. The summed E-state index contributed by atoms with van der Waals surface area (Å²) in [5.41, 5.74) is 12.3. The van der Waals surface area contributed by atoms with Gasteiger partial charge in [-0.15, -0.1) is 10.2 Å². The van der Waals surface area contributed by atoms with Crippen LogP contribution in [0.4, 0.5) is 17.1 Å². The predicted molar refractivity (Wildman–Crippen MR) is 211 cm³/mol. The number of para-hydroxylation sites is 2. The highest BCUT2D eigenvalue weighted by atomic mass is 15.3. The predicted octanol–water partition coefficient (Wildman–Crippen LogP) is 11.8. The molecular formula is C46H35N5. The second-order valence-electron chi connectivity index (χ2n) is 13.0. The summed E-state index contributed by atoms with van der Waals surface area (Å²) in [5.74, 6) is 1.60. The lowest BCUT2D eigenvalue weighted by Crippen LogP contribution is -2.10. The normalized spacial score (nSPS) is 11.3. The summed E-state index contributed by atoms with van der Waals surface area (Å²) in [6.45, 7) is 4.32. The third-order valence-electron chi connectivity index (χ3n) is 9.55. The van der Waals surface area contributed by atoms with E-state index in [0.717, 1.165) is 51.2 Å². The number of aryl methyl sites for hydroxylation is 2. The van der Waals surface area contributed by atoms with Gasteiger partial charge in [-0.2, -0.15) is 0 Å². The molecule has 2 aromatic heterocycles. The third-order valence-corrected chi connectivity index (χ3v) is 9.55. The molecule has 0 aliphatic carbocycles. The molecule has 0 aliphatic heterocycles. The molecule has 0 bridgehead atoms. The molecule has 5 heteroatoms. The van der Waals surface area contributed by atoms with E-state index in [0.29, 0.717) is 0 Å². The van der Waals surface area contributed by atoms with E-state index in [1.54, 1.807) is 0 Å². The van der Waals surface area contributed by atoms with Crippen molar-refractivity contribution in [1.29, 1.82) is 0 Å². The SMILES string of the molecule is Cc1ccc2c(c1)c1cc(C)ccc1n2-c1ccc(N(c2ccccc2)c2ccc(-c3nnc(-c4ccccc4)n3-c3ccccc3)cc2)cc1. The quantitative estimate of drug-likeness (QED) is 0.171. The molecule has 9 aromatic rings. The van der Waals surface area contributed by atoms with Gasteiger partial charge in [-0.3, -0.25) is 4.57 Å². The molecule has 0 aliphatic rings. The minimum atomic E-state index is 0.791. The van der Waals surface area contributed by atoms with Gasteiger partial charge in [0.1, 0.15) is 0 Å². The average Bonchev–Trinajstić information content (AvgIpc) is 3.76. The molecule has 7 aromatic carbocycles. The zero-order valence-electron chi connectivity index (χ0n) is 28.5. The molecule has 5 nitrogen and oxygen atoms in total. The van der Waals surface area contributed by atoms with Crippen LogP contribution in [-0.4, -0.2) is 19.3 Å². The van der Waals surface area contributed by atoms with E-state index in [-0.39, 0.29) is 0 Å². The first-order valence-electron chi connectivity index (χ1n) is 17.3. The van der Waals surface area contributed by atoms with Crippen LogP contribution >= 0.6 is 0 Å². The fourth-order valence-electron chi connectivity index (χ4n) is 7.13. The van der Waals surface area contributed by atoms with Crippen LogP contribution in [-0.2, 0) is 0 Å². The molecule has 0 saturated heterocycles. The maximum Gasteiger partial charge on any atom is 0.168 e. The maximum absolute atomic E-state index is 4.71. The zero-order chi connectivity index (χ0) is 34.3. The standard InChI is InChI=1S/C46H35N5/c1-32-18-28-43-41(30-32)42-31-33(2)19-29-44(42)50(43)40-26-24-39(25-27-40)49(36-14-8-4-9-15-36)38-22-20-35(21-23-38)46-48-47-45(34-12-6-3-7-13-34)51(46)37-16-10-5-11-17-37/h3-31H,1-2H3. The van der Waals surface area contributed by atoms with E-state index in [1.165, 1.54) is 32.9 Å². The number of rotatable bonds is 7. The Morgan fingerprint density at radius 3 is 1.37 bits per heavy atom. The summed E-state index contributed by atoms with van der Waals surface area (Å²) in [4.78, 5) is 2.30. The van der Waals surface area contributed by atoms with Gasteiger partial charge in [0.15, 0.2) is 11.6 Å². The van der Waals surface area contributed by atoms with Gasteiger partial charge in [0.05, 0.1) is 11.0 Å². The Labute approximate surface area is 297 Å². The highest BCUT2D eigenvalue weighted by Crippen LogP contribution is 2.38. The second-order valence-corrected chi connectivity index (χ2v) is 13.0. The summed E-state index contributed by atoms with van der Waals surface area (Å²) in [6, 6.07) is 62.0. The summed E-state index contributed by atoms with van der Waals surface area (Å²) in [5, 5.41) is 11.9. The monoisotopic (exact) mass is 657 g/mol. The van der Waals surface area contributed by atoms with Crippen LogP contribution < -0.4 is 4.90 Å². The maximum atomic E-state index is 4.71. The average molecular weight is 658 g/mol. The van der Waals surface area contributed by atoms with Crippen molar-refractivity contribution in [1.82, 2.24) is 19.3 Å². The summed E-state index contributed by atoms with van der Waals surface area (Å²) in [6.07, 6.45) is 0. The number of fused-ring (bicyclic) bond motifs is 3. The highest BCUT2D eigenvalue weighted by Gasteiger charge is 2.19. The Morgan fingerprint density at radius 2 is 0.824 bits per heavy atom. The third kappa shape index (κ3) is 5.45. The number of hydrogen-bond donors (Lipinski definition) is 0. The largest absolute Gasteiger partial charge is 0.311 e. The van der Waals surface area contributed by atoms with Crippen LogP contribution in [0.3, 0.4) is 0 Å². The lowest BCUT2D eigenvalue weighted by atomic mass is 10.1. The molecular weight excluding hydrogens is 623 g/mol. The number of hydrogen-bond acceptors (Lipinski definition) is 3. The van der Waals surface area contributed by atoms with Crippen molar-refractivity contribution in [2.45, 2.75) is 13.8 Å². The molecule has 0 saturated carbocycles.